The van der Waals surface area contributed by atoms with Gasteiger partial charge in [-0.05, 0) is 88.2 Å². The van der Waals surface area contributed by atoms with Gasteiger partial charge < -0.3 is 35.2 Å². The molecular weight excluding hydrogens is 612 g/mol. The van der Waals surface area contributed by atoms with Crippen molar-refractivity contribution in [1.82, 2.24) is 9.80 Å². The van der Waals surface area contributed by atoms with Crippen LogP contribution in [-0.2, 0) is 11.3 Å². The van der Waals surface area contributed by atoms with Gasteiger partial charge in [0.05, 0.1) is 36.0 Å². The van der Waals surface area contributed by atoms with Crippen LogP contribution in [0.5, 0.6) is 5.75 Å². The minimum atomic E-state index is -0.960. The van der Waals surface area contributed by atoms with Gasteiger partial charge in [-0.25, -0.2) is 9.59 Å². The summed E-state index contributed by atoms with van der Waals surface area (Å²) >= 11 is 0. The molecule has 0 aliphatic carbocycles. The Morgan fingerprint density at radius 1 is 1.00 bits per heavy atom. The lowest BCUT2D eigenvalue weighted by atomic mass is 10.0. The number of ether oxygens (including phenoxy) is 2. The number of fused-ring (bicyclic) bond motifs is 1. The summed E-state index contributed by atoms with van der Waals surface area (Å²) in [5.74, 6) is -0.968. The molecule has 258 valence electrons. The highest BCUT2D eigenvalue weighted by Crippen LogP contribution is 2.29. The molecule has 11 heteroatoms. The van der Waals surface area contributed by atoms with E-state index >= 15 is 0 Å². The van der Waals surface area contributed by atoms with E-state index in [1.54, 1.807) is 54.3 Å². The van der Waals surface area contributed by atoms with Crippen molar-refractivity contribution >= 4 is 29.3 Å². The van der Waals surface area contributed by atoms with Crippen LogP contribution in [0, 0.1) is 5.92 Å². The molecule has 0 radical (unpaired) electrons. The molecule has 0 bridgehead atoms. The van der Waals surface area contributed by atoms with Gasteiger partial charge >= 0.3 is 12.0 Å². The van der Waals surface area contributed by atoms with Gasteiger partial charge in [-0.3, -0.25) is 9.69 Å². The Morgan fingerprint density at radius 3 is 2.40 bits per heavy atom. The van der Waals surface area contributed by atoms with E-state index in [-0.39, 0.29) is 36.2 Å². The second-order valence-electron chi connectivity index (χ2n) is 12.7. The van der Waals surface area contributed by atoms with Crippen molar-refractivity contribution in [3.8, 4) is 5.75 Å². The number of rotatable bonds is 9. The van der Waals surface area contributed by atoms with Crippen LogP contribution in [0.4, 0.5) is 16.2 Å². The van der Waals surface area contributed by atoms with Crippen molar-refractivity contribution in [1.29, 1.82) is 0 Å². The number of likely N-dealkylation sites (N-methyl/N-ethyl adjacent to an activating group) is 1. The lowest BCUT2D eigenvalue weighted by molar-refractivity contribution is -0.0177. The van der Waals surface area contributed by atoms with Gasteiger partial charge in [0.15, 0.2) is 0 Å². The first-order valence-electron chi connectivity index (χ1n) is 16.5. The monoisotopic (exact) mass is 660 g/mol. The Bertz CT molecular complexity index is 1500. The normalized spacial score (nSPS) is 19.8. The van der Waals surface area contributed by atoms with Crippen LogP contribution in [-0.4, -0.2) is 89.5 Å². The zero-order valence-electron chi connectivity index (χ0n) is 28.2. The maximum atomic E-state index is 14.3. The predicted molar refractivity (Wildman–Crippen MR) is 186 cm³/mol. The van der Waals surface area contributed by atoms with Crippen LogP contribution in [0.3, 0.4) is 0 Å². The minimum absolute atomic E-state index is 0.107. The van der Waals surface area contributed by atoms with E-state index in [9.17, 15) is 24.6 Å². The molecule has 0 saturated carbocycles. The standard InChI is InChI=1S/C37H48N4O7/c1-25-21-41(26(2)24-42)35(43)32-20-31(39-37(46)38-30-11-6-5-7-12-30)17-18-33(32)48-27(3)10-8-9-19-47-34(25)23-40(4)22-28-13-15-29(16-14-28)36(44)45/h5-7,11-18,20,25-27,34,42H,8-10,19,21-24H2,1-4H3,(H,44,45)(H2,38,39,46)/t25-,26-,27+,34-/m0/s1. The topological polar surface area (TPSA) is 141 Å². The van der Waals surface area contributed by atoms with Gasteiger partial charge in [0.25, 0.3) is 5.91 Å². The third-order valence-corrected chi connectivity index (χ3v) is 8.49. The lowest BCUT2D eigenvalue weighted by Gasteiger charge is -2.36. The molecule has 1 aliphatic rings. The number of aliphatic hydroxyl groups excluding tert-OH is 1. The zero-order chi connectivity index (χ0) is 34.6. The number of carbonyl (C=O) groups excluding carboxylic acids is 2. The van der Waals surface area contributed by atoms with Gasteiger partial charge in [-0.1, -0.05) is 37.3 Å². The third kappa shape index (κ3) is 10.5. The van der Waals surface area contributed by atoms with E-state index in [1.807, 2.05) is 51.2 Å². The van der Waals surface area contributed by atoms with E-state index < -0.39 is 18.0 Å². The molecule has 1 heterocycles. The number of benzene rings is 3. The van der Waals surface area contributed by atoms with Gasteiger partial charge in [-0.2, -0.15) is 0 Å². The van der Waals surface area contributed by atoms with Crippen LogP contribution in [0.25, 0.3) is 0 Å². The Labute approximate surface area is 282 Å². The molecule has 11 nitrogen and oxygen atoms in total. The van der Waals surface area contributed by atoms with Crippen molar-refractivity contribution in [3.05, 3.63) is 89.5 Å². The number of urea groups is 1. The lowest BCUT2D eigenvalue weighted by Crippen LogP contribution is -2.47. The minimum Gasteiger partial charge on any atom is -0.490 e. The highest BCUT2D eigenvalue weighted by atomic mass is 16.5. The molecule has 0 fully saturated rings. The van der Waals surface area contributed by atoms with Crippen molar-refractivity contribution < 1.29 is 34.1 Å². The number of amides is 3. The molecule has 3 amide bonds. The highest BCUT2D eigenvalue weighted by Gasteiger charge is 2.30. The number of aliphatic hydroxyl groups is 1. The molecule has 48 heavy (non-hydrogen) atoms. The Kier molecular flexibility index (Phi) is 13.4. The number of hydrogen-bond donors (Lipinski definition) is 4. The number of carboxylic acids is 1. The molecule has 0 unspecified atom stereocenters. The number of carboxylic acid groups (broad SMARTS) is 1. The molecular formula is C37H48N4O7. The molecule has 3 aromatic rings. The van der Waals surface area contributed by atoms with Gasteiger partial charge in [0.2, 0.25) is 0 Å². The number of aromatic carboxylic acids is 1. The second-order valence-corrected chi connectivity index (χ2v) is 12.7. The number of anilines is 2. The SMILES string of the molecule is C[C@@H]1CCCCO[C@@H](CN(C)Cc2ccc(C(=O)O)cc2)[C@@H](C)CN([C@@H](C)CO)C(=O)c2cc(NC(=O)Nc3ccccc3)ccc2O1. The quantitative estimate of drug-likeness (QED) is 0.221. The van der Waals surface area contributed by atoms with Crippen LogP contribution < -0.4 is 15.4 Å². The van der Waals surface area contributed by atoms with Crippen LogP contribution in [0.1, 0.15) is 66.3 Å². The molecule has 0 saturated heterocycles. The first-order chi connectivity index (χ1) is 23.0. The van der Waals surface area contributed by atoms with E-state index in [0.717, 1.165) is 24.8 Å². The van der Waals surface area contributed by atoms with Crippen molar-refractivity contribution in [2.24, 2.45) is 5.92 Å². The average Bonchev–Trinajstić information content (AvgIpc) is 3.06. The maximum absolute atomic E-state index is 14.3. The number of para-hydroxylation sites is 1. The Balaban J connectivity index is 1.57. The molecule has 0 aromatic heterocycles. The van der Waals surface area contributed by atoms with E-state index in [0.29, 0.717) is 48.9 Å². The number of nitrogens with one attached hydrogen (secondary N) is 2. The number of nitrogens with zero attached hydrogens (tertiary/aromatic N) is 2. The summed E-state index contributed by atoms with van der Waals surface area (Å²) in [6, 6.07) is 20.0. The van der Waals surface area contributed by atoms with Crippen molar-refractivity contribution in [3.63, 3.8) is 0 Å². The molecule has 0 spiro atoms. The summed E-state index contributed by atoms with van der Waals surface area (Å²) in [6.45, 7) is 7.63. The number of carbonyl (C=O) groups is 3. The Hall–Kier alpha value is -4.45. The maximum Gasteiger partial charge on any atom is 0.335 e. The van der Waals surface area contributed by atoms with E-state index in [1.165, 1.54) is 0 Å². The van der Waals surface area contributed by atoms with Crippen LogP contribution >= 0.6 is 0 Å². The van der Waals surface area contributed by atoms with Crippen LogP contribution in [0.15, 0.2) is 72.8 Å². The first-order valence-corrected chi connectivity index (χ1v) is 16.5. The summed E-state index contributed by atoms with van der Waals surface area (Å²) in [6.07, 6.45) is 2.10. The van der Waals surface area contributed by atoms with Crippen molar-refractivity contribution in [2.75, 3.05) is 44.0 Å². The molecule has 4 N–H and O–H groups in total. The summed E-state index contributed by atoms with van der Waals surface area (Å²) in [5, 5.41) is 25.1. The molecule has 1 aliphatic heterocycles. The summed E-state index contributed by atoms with van der Waals surface area (Å²) < 4.78 is 12.7. The van der Waals surface area contributed by atoms with Crippen LogP contribution in [0.2, 0.25) is 0 Å². The highest BCUT2D eigenvalue weighted by molar-refractivity contribution is 6.02. The first kappa shape index (κ1) is 36.4. The largest absolute Gasteiger partial charge is 0.490 e. The summed E-state index contributed by atoms with van der Waals surface area (Å²) in [5.41, 5.74) is 2.58. The van der Waals surface area contributed by atoms with Gasteiger partial charge in [-0.15, -0.1) is 0 Å². The fourth-order valence-electron chi connectivity index (χ4n) is 5.71. The van der Waals surface area contributed by atoms with E-state index in [4.69, 9.17) is 9.47 Å². The second kappa shape index (κ2) is 17.6. The smallest absolute Gasteiger partial charge is 0.335 e. The molecule has 4 rings (SSSR count). The predicted octanol–water partition coefficient (Wildman–Crippen LogP) is 5.96. The summed E-state index contributed by atoms with van der Waals surface area (Å²) in [4.78, 5) is 42.2. The van der Waals surface area contributed by atoms with Gasteiger partial charge in [0.1, 0.15) is 5.75 Å². The zero-order valence-corrected chi connectivity index (χ0v) is 28.2. The van der Waals surface area contributed by atoms with Crippen molar-refractivity contribution in [2.45, 2.75) is 64.8 Å². The average molecular weight is 661 g/mol. The molecule has 3 aromatic carbocycles. The fourth-order valence-corrected chi connectivity index (χ4v) is 5.71. The Morgan fingerprint density at radius 2 is 1.71 bits per heavy atom. The van der Waals surface area contributed by atoms with E-state index in [2.05, 4.69) is 15.5 Å². The number of hydrogen-bond acceptors (Lipinski definition) is 7. The summed E-state index contributed by atoms with van der Waals surface area (Å²) in [7, 11) is 1.99. The fraction of sp³-hybridized carbons (Fsp3) is 0.432. The third-order valence-electron chi connectivity index (χ3n) is 8.49. The van der Waals surface area contributed by atoms with Gasteiger partial charge in [0, 0.05) is 43.5 Å². The molecule has 4 atom stereocenters.